The summed E-state index contributed by atoms with van der Waals surface area (Å²) in [6.45, 7) is 4.71. The van der Waals surface area contributed by atoms with E-state index in [0.717, 1.165) is 50.4 Å². The van der Waals surface area contributed by atoms with E-state index in [1.165, 1.54) is 19.3 Å². The molecule has 0 aromatic rings. The number of aliphatic hydroxyl groups is 1. The highest BCUT2D eigenvalue weighted by Gasteiger charge is 2.61. The first-order valence-electron chi connectivity index (χ1n) is 9.56. The van der Waals surface area contributed by atoms with Gasteiger partial charge < -0.3 is 5.11 Å². The third-order valence-corrected chi connectivity index (χ3v) is 8.70. The lowest BCUT2D eigenvalue weighted by Gasteiger charge is -2.60. The van der Waals surface area contributed by atoms with Gasteiger partial charge in [-0.1, -0.05) is 19.8 Å². The van der Waals surface area contributed by atoms with E-state index in [-0.39, 0.29) is 5.41 Å². The molecule has 0 spiro atoms. The second kappa shape index (κ2) is 4.85. The first kappa shape index (κ1) is 15.7. The first-order valence-corrected chi connectivity index (χ1v) is 9.56. The minimum absolute atomic E-state index is 0.0292. The van der Waals surface area contributed by atoms with E-state index in [0.29, 0.717) is 23.0 Å². The van der Waals surface area contributed by atoms with Gasteiger partial charge in [0.25, 0.3) is 0 Å². The monoisotopic (exact) mass is 314 g/mol. The van der Waals surface area contributed by atoms with Crippen LogP contribution in [-0.4, -0.2) is 16.5 Å². The SMILES string of the molecule is C#C[C@]1(O)CCC2(C)C3CC[C@]4(C)C(=O)CCC4C3CC[C@H]2C1. The summed E-state index contributed by atoms with van der Waals surface area (Å²) in [6.07, 6.45) is 14.8. The number of hydrogen-bond acceptors (Lipinski definition) is 2. The van der Waals surface area contributed by atoms with E-state index >= 15 is 0 Å². The van der Waals surface area contributed by atoms with E-state index in [1.807, 2.05) is 0 Å². The molecule has 0 radical (unpaired) electrons. The molecule has 4 fully saturated rings. The fourth-order valence-corrected chi connectivity index (χ4v) is 7.15. The van der Waals surface area contributed by atoms with Crippen molar-refractivity contribution in [1.82, 2.24) is 0 Å². The van der Waals surface area contributed by atoms with Crippen molar-refractivity contribution in [3.05, 3.63) is 0 Å². The molecular formula is C21H30O2. The van der Waals surface area contributed by atoms with Crippen LogP contribution in [0.1, 0.15) is 71.6 Å². The van der Waals surface area contributed by atoms with E-state index in [4.69, 9.17) is 6.42 Å². The summed E-state index contributed by atoms with van der Waals surface area (Å²) >= 11 is 0. The molecule has 0 aromatic carbocycles. The van der Waals surface area contributed by atoms with Crippen molar-refractivity contribution in [3.8, 4) is 12.3 Å². The lowest BCUT2D eigenvalue weighted by Crippen LogP contribution is -2.55. The van der Waals surface area contributed by atoms with Crippen LogP contribution < -0.4 is 0 Å². The molecule has 4 aliphatic rings. The van der Waals surface area contributed by atoms with Crippen molar-refractivity contribution in [3.63, 3.8) is 0 Å². The number of rotatable bonds is 0. The molecule has 4 saturated carbocycles. The molecule has 4 aliphatic carbocycles. The van der Waals surface area contributed by atoms with Crippen LogP contribution in [0, 0.1) is 46.8 Å². The zero-order valence-corrected chi connectivity index (χ0v) is 14.6. The van der Waals surface area contributed by atoms with Gasteiger partial charge in [-0.2, -0.15) is 0 Å². The van der Waals surface area contributed by atoms with Crippen molar-refractivity contribution >= 4 is 5.78 Å². The molecule has 2 heteroatoms. The van der Waals surface area contributed by atoms with Crippen LogP contribution in [0.5, 0.6) is 0 Å². The maximum Gasteiger partial charge on any atom is 0.139 e. The summed E-state index contributed by atoms with van der Waals surface area (Å²) in [5.41, 5.74) is -0.582. The smallest absolute Gasteiger partial charge is 0.139 e. The standard InChI is InChI=1S/C21H30O2/c1-4-21(23)12-11-19(2)14(13-21)5-6-15-16-7-8-18(22)20(16,3)10-9-17(15)19/h1,14-17,23H,5-13H2,2-3H3/t14-,15?,16?,17?,19?,20-,21-/m0/s1. The van der Waals surface area contributed by atoms with Crippen LogP contribution in [0.3, 0.4) is 0 Å². The molecule has 2 nitrogen and oxygen atoms in total. The van der Waals surface area contributed by atoms with Crippen LogP contribution >= 0.6 is 0 Å². The van der Waals surface area contributed by atoms with Crippen molar-refractivity contribution in [2.75, 3.05) is 0 Å². The van der Waals surface area contributed by atoms with E-state index in [1.54, 1.807) is 0 Å². The lowest BCUT2D eigenvalue weighted by molar-refractivity contribution is -0.146. The van der Waals surface area contributed by atoms with E-state index in [2.05, 4.69) is 19.8 Å². The van der Waals surface area contributed by atoms with Crippen molar-refractivity contribution < 1.29 is 9.90 Å². The van der Waals surface area contributed by atoms with E-state index in [9.17, 15) is 9.90 Å². The predicted molar refractivity (Wildman–Crippen MR) is 90.5 cm³/mol. The number of carbonyl (C=O) groups excluding carboxylic acids is 1. The van der Waals surface area contributed by atoms with Crippen LogP contribution in [0.25, 0.3) is 0 Å². The molecule has 0 amide bonds. The van der Waals surface area contributed by atoms with Gasteiger partial charge in [0, 0.05) is 11.8 Å². The summed E-state index contributed by atoms with van der Waals surface area (Å²) < 4.78 is 0. The zero-order chi connectivity index (χ0) is 16.5. The Bertz CT molecular complexity index is 575. The second-order valence-corrected chi connectivity index (χ2v) is 9.45. The summed E-state index contributed by atoms with van der Waals surface area (Å²) in [4.78, 5) is 12.4. The molecule has 23 heavy (non-hydrogen) atoms. The fourth-order valence-electron chi connectivity index (χ4n) is 7.15. The second-order valence-electron chi connectivity index (χ2n) is 9.45. The normalized spacial score (nSPS) is 55.5. The Hall–Kier alpha value is -0.810. The number of fused-ring (bicyclic) bond motifs is 5. The van der Waals surface area contributed by atoms with Crippen LogP contribution in [0.4, 0.5) is 0 Å². The van der Waals surface area contributed by atoms with Crippen molar-refractivity contribution in [2.45, 2.75) is 77.2 Å². The van der Waals surface area contributed by atoms with Crippen LogP contribution in [0.15, 0.2) is 0 Å². The zero-order valence-electron chi connectivity index (χ0n) is 14.6. The summed E-state index contributed by atoms with van der Waals surface area (Å²) in [6, 6.07) is 0. The minimum atomic E-state index is -0.872. The molecule has 0 bridgehead atoms. The Labute approximate surface area is 140 Å². The molecule has 4 unspecified atom stereocenters. The molecule has 126 valence electrons. The highest BCUT2D eigenvalue weighted by atomic mass is 16.3. The Morgan fingerprint density at radius 2 is 1.87 bits per heavy atom. The van der Waals surface area contributed by atoms with Crippen molar-refractivity contribution in [1.29, 1.82) is 0 Å². The topological polar surface area (TPSA) is 37.3 Å². The maximum absolute atomic E-state index is 12.4. The number of hydrogen-bond donors (Lipinski definition) is 1. The molecule has 0 saturated heterocycles. The molecule has 0 aromatic heterocycles. The molecule has 7 atom stereocenters. The van der Waals surface area contributed by atoms with Gasteiger partial charge >= 0.3 is 0 Å². The summed E-state index contributed by atoms with van der Waals surface area (Å²) in [5.74, 6) is 5.81. The highest BCUT2D eigenvalue weighted by Crippen LogP contribution is 2.66. The minimum Gasteiger partial charge on any atom is -0.378 e. The van der Waals surface area contributed by atoms with Crippen LogP contribution in [0.2, 0.25) is 0 Å². The van der Waals surface area contributed by atoms with Gasteiger partial charge in [0.2, 0.25) is 0 Å². The fraction of sp³-hybridized carbons (Fsp3) is 0.857. The lowest BCUT2D eigenvalue weighted by atomic mass is 9.44. The maximum atomic E-state index is 12.4. The Balaban J connectivity index is 1.62. The molecule has 4 rings (SSSR count). The molecular weight excluding hydrogens is 284 g/mol. The van der Waals surface area contributed by atoms with E-state index < -0.39 is 5.60 Å². The van der Waals surface area contributed by atoms with Gasteiger partial charge in [-0.05, 0) is 80.5 Å². The Morgan fingerprint density at radius 1 is 1.09 bits per heavy atom. The van der Waals surface area contributed by atoms with Gasteiger partial charge in [-0.25, -0.2) is 0 Å². The highest BCUT2D eigenvalue weighted by molar-refractivity contribution is 5.87. The van der Waals surface area contributed by atoms with Crippen molar-refractivity contribution in [2.24, 2.45) is 34.5 Å². The van der Waals surface area contributed by atoms with Gasteiger partial charge in [0.05, 0.1) is 0 Å². The largest absolute Gasteiger partial charge is 0.378 e. The Kier molecular flexibility index (Phi) is 3.31. The average Bonchev–Trinajstić information content (AvgIpc) is 2.84. The molecule has 1 N–H and O–H groups in total. The summed E-state index contributed by atoms with van der Waals surface area (Å²) in [5, 5.41) is 10.6. The number of terminal acetylenes is 1. The number of Topliss-reactive ketones (excluding diaryl/α,β-unsaturated/α-hetero) is 1. The number of carbonyl (C=O) groups is 1. The van der Waals surface area contributed by atoms with Gasteiger partial charge in [0.1, 0.15) is 11.4 Å². The van der Waals surface area contributed by atoms with Crippen LogP contribution in [-0.2, 0) is 4.79 Å². The Morgan fingerprint density at radius 3 is 2.61 bits per heavy atom. The third kappa shape index (κ3) is 2.02. The van der Waals surface area contributed by atoms with Gasteiger partial charge in [0.15, 0.2) is 0 Å². The average molecular weight is 314 g/mol. The molecule has 0 aliphatic heterocycles. The predicted octanol–water partition coefficient (Wildman–Crippen LogP) is 3.96. The van der Waals surface area contributed by atoms with Gasteiger partial charge in [-0.15, -0.1) is 6.42 Å². The molecule has 0 heterocycles. The quantitative estimate of drug-likeness (QED) is 0.687. The van der Waals surface area contributed by atoms with Gasteiger partial charge in [-0.3, -0.25) is 4.79 Å². The number of ketones is 1. The first-order chi connectivity index (χ1) is 10.8. The third-order valence-electron chi connectivity index (χ3n) is 8.70. The summed E-state index contributed by atoms with van der Waals surface area (Å²) in [7, 11) is 0.